The summed E-state index contributed by atoms with van der Waals surface area (Å²) in [5, 5.41) is 3.88. The van der Waals surface area contributed by atoms with Gasteiger partial charge in [-0.2, -0.15) is 0 Å². The first kappa shape index (κ1) is 14.1. The zero-order valence-electron chi connectivity index (χ0n) is 11.9. The third-order valence-electron chi connectivity index (χ3n) is 5.61. The summed E-state index contributed by atoms with van der Waals surface area (Å²) in [5.41, 5.74) is 0.624. The quantitative estimate of drug-likeness (QED) is 0.798. The Labute approximate surface area is 138 Å². The highest BCUT2D eigenvalue weighted by Crippen LogP contribution is 2.55. The molecule has 0 aromatic heterocycles. The number of halogens is 2. The van der Waals surface area contributed by atoms with Gasteiger partial charge in [0.05, 0.1) is 10.6 Å². The van der Waals surface area contributed by atoms with Crippen LogP contribution in [0.3, 0.4) is 0 Å². The number of hydrogen-bond acceptors (Lipinski definition) is 1. The van der Waals surface area contributed by atoms with Gasteiger partial charge in [-0.05, 0) is 84.3 Å². The first-order valence-electron chi connectivity index (χ1n) is 7.81. The van der Waals surface area contributed by atoms with E-state index in [1.165, 1.54) is 19.3 Å². The van der Waals surface area contributed by atoms with E-state index in [1.54, 1.807) is 0 Å². The molecule has 21 heavy (non-hydrogen) atoms. The van der Waals surface area contributed by atoms with Crippen LogP contribution in [0, 0.1) is 17.8 Å². The van der Waals surface area contributed by atoms with Crippen molar-refractivity contribution >= 4 is 33.4 Å². The SMILES string of the molecule is O=C(NC12CC3CC(CC(C3)C1)C2)c1cccc(Br)c1Cl. The first-order chi connectivity index (χ1) is 10.0. The van der Waals surface area contributed by atoms with E-state index in [9.17, 15) is 4.79 Å². The second-order valence-corrected chi connectivity index (χ2v) is 8.49. The average Bonchev–Trinajstić information content (AvgIpc) is 2.39. The number of carbonyl (C=O) groups excluding carboxylic acids is 1. The van der Waals surface area contributed by atoms with Gasteiger partial charge in [0.2, 0.25) is 0 Å². The van der Waals surface area contributed by atoms with Crippen LogP contribution in [0.5, 0.6) is 0 Å². The molecular formula is C17H19BrClNO. The number of carbonyl (C=O) groups is 1. The van der Waals surface area contributed by atoms with Crippen LogP contribution in [0.15, 0.2) is 22.7 Å². The largest absolute Gasteiger partial charge is 0.347 e. The molecule has 0 atom stereocenters. The minimum atomic E-state index is -0.0109. The second kappa shape index (κ2) is 4.99. The number of amides is 1. The molecule has 0 radical (unpaired) electrons. The van der Waals surface area contributed by atoms with E-state index in [0.717, 1.165) is 41.5 Å². The normalized spacial score (nSPS) is 36.8. The molecule has 0 spiro atoms. The van der Waals surface area contributed by atoms with Gasteiger partial charge in [0.25, 0.3) is 5.91 Å². The van der Waals surface area contributed by atoms with Gasteiger partial charge in [-0.1, -0.05) is 17.7 Å². The maximum absolute atomic E-state index is 12.7. The lowest BCUT2D eigenvalue weighted by Gasteiger charge is -2.56. The van der Waals surface area contributed by atoms with Crippen molar-refractivity contribution in [2.24, 2.45) is 17.8 Å². The Morgan fingerprint density at radius 2 is 1.71 bits per heavy atom. The van der Waals surface area contributed by atoms with Crippen molar-refractivity contribution in [2.75, 3.05) is 0 Å². The summed E-state index contributed by atoms with van der Waals surface area (Å²) >= 11 is 9.66. The van der Waals surface area contributed by atoms with Gasteiger partial charge in [-0.15, -0.1) is 0 Å². The zero-order valence-corrected chi connectivity index (χ0v) is 14.2. The molecule has 4 bridgehead atoms. The first-order valence-corrected chi connectivity index (χ1v) is 8.98. The van der Waals surface area contributed by atoms with Gasteiger partial charge in [-0.3, -0.25) is 4.79 Å². The van der Waals surface area contributed by atoms with E-state index in [-0.39, 0.29) is 11.4 Å². The molecule has 0 heterocycles. The highest BCUT2D eigenvalue weighted by Gasteiger charge is 2.51. The Balaban J connectivity index is 1.58. The van der Waals surface area contributed by atoms with Gasteiger partial charge in [0, 0.05) is 10.0 Å². The molecule has 4 fully saturated rings. The third-order valence-corrected chi connectivity index (χ3v) is 6.91. The summed E-state index contributed by atoms with van der Waals surface area (Å²) in [4.78, 5) is 12.7. The molecule has 4 aliphatic carbocycles. The maximum Gasteiger partial charge on any atom is 0.253 e. The number of benzene rings is 1. The van der Waals surface area contributed by atoms with E-state index in [1.807, 2.05) is 18.2 Å². The van der Waals surface area contributed by atoms with Crippen molar-refractivity contribution in [1.82, 2.24) is 5.32 Å². The Morgan fingerprint density at radius 1 is 1.14 bits per heavy atom. The van der Waals surface area contributed by atoms with Crippen LogP contribution in [0.2, 0.25) is 5.02 Å². The van der Waals surface area contributed by atoms with Crippen molar-refractivity contribution in [3.05, 3.63) is 33.3 Å². The molecule has 0 unspecified atom stereocenters. The molecule has 1 amide bonds. The molecule has 0 saturated heterocycles. The van der Waals surface area contributed by atoms with E-state index in [0.29, 0.717) is 10.6 Å². The molecule has 5 rings (SSSR count). The average molecular weight is 369 g/mol. The highest BCUT2D eigenvalue weighted by atomic mass is 79.9. The Hall–Kier alpha value is -0.540. The molecule has 1 aromatic carbocycles. The highest BCUT2D eigenvalue weighted by molar-refractivity contribution is 9.10. The van der Waals surface area contributed by atoms with E-state index >= 15 is 0 Å². The second-order valence-electron chi connectivity index (χ2n) is 7.25. The minimum Gasteiger partial charge on any atom is -0.347 e. The fourth-order valence-corrected chi connectivity index (χ4v) is 5.83. The van der Waals surface area contributed by atoms with Gasteiger partial charge in [0.15, 0.2) is 0 Å². The number of hydrogen-bond donors (Lipinski definition) is 1. The third kappa shape index (κ3) is 2.43. The molecular weight excluding hydrogens is 350 g/mol. The van der Waals surface area contributed by atoms with Crippen LogP contribution in [-0.2, 0) is 0 Å². The molecule has 4 aliphatic rings. The predicted molar refractivity (Wildman–Crippen MR) is 87.5 cm³/mol. The van der Waals surface area contributed by atoms with E-state index in [4.69, 9.17) is 11.6 Å². The Bertz CT molecular complexity index is 565. The Morgan fingerprint density at radius 3 is 2.29 bits per heavy atom. The van der Waals surface area contributed by atoms with Crippen LogP contribution in [-0.4, -0.2) is 11.4 Å². The predicted octanol–water partition coefficient (Wildman–Crippen LogP) is 4.80. The lowest BCUT2D eigenvalue weighted by atomic mass is 9.53. The molecule has 4 heteroatoms. The summed E-state index contributed by atoms with van der Waals surface area (Å²) in [6.45, 7) is 0. The minimum absolute atomic E-state index is 0.0109. The summed E-state index contributed by atoms with van der Waals surface area (Å²) in [6, 6.07) is 5.54. The molecule has 1 aromatic rings. The molecule has 0 aliphatic heterocycles. The van der Waals surface area contributed by atoms with Gasteiger partial charge >= 0.3 is 0 Å². The molecule has 112 valence electrons. The number of rotatable bonds is 2. The van der Waals surface area contributed by atoms with Crippen LogP contribution < -0.4 is 5.32 Å². The van der Waals surface area contributed by atoms with Crippen molar-refractivity contribution in [1.29, 1.82) is 0 Å². The maximum atomic E-state index is 12.7. The van der Waals surface area contributed by atoms with Crippen LogP contribution in [0.4, 0.5) is 0 Å². The van der Waals surface area contributed by atoms with Crippen molar-refractivity contribution < 1.29 is 4.79 Å². The van der Waals surface area contributed by atoms with Crippen LogP contribution in [0.25, 0.3) is 0 Å². The topological polar surface area (TPSA) is 29.1 Å². The molecule has 1 N–H and O–H groups in total. The fourth-order valence-electron chi connectivity index (χ4n) is 5.25. The fraction of sp³-hybridized carbons (Fsp3) is 0.588. The summed E-state index contributed by atoms with van der Waals surface area (Å²) in [7, 11) is 0. The molecule has 4 saturated carbocycles. The molecule has 2 nitrogen and oxygen atoms in total. The van der Waals surface area contributed by atoms with Crippen LogP contribution >= 0.6 is 27.5 Å². The van der Waals surface area contributed by atoms with Gasteiger partial charge in [0.1, 0.15) is 0 Å². The summed E-state index contributed by atoms with van der Waals surface area (Å²) in [5.74, 6) is 2.47. The van der Waals surface area contributed by atoms with Crippen molar-refractivity contribution in [3.8, 4) is 0 Å². The number of nitrogens with one attached hydrogen (secondary N) is 1. The monoisotopic (exact) mass is 367 g/mol. The lowest BCUT2D eigenvalue weighted by molar-refractivity contribution is -0.0166. The van der Waals surface area contributed by atoms with Crippen molar-refractivity contribution in [2.45, 2.75) is 44.1 Å². The zero-order chi connectivity index (χ0) is 14.6. The summed E-state index contributed by atoms with van der Waals surface area (Å²) in [6.07, 6.45) is 7.63. The van der Waals surface area contributed by atoms with Crippen LogP contribution in [0.1, 0.15) is 48.9 Å². The summed E-state index contributed by atoms with van der Waals surface area (Å²) < 4.78 is 0.780. The smallest absolute Gasteiger partial charge is 0.253 e. The van der Waals surface area contributed by atoms with E-state index < -0.39 is 0 Å². The van der Waals surface area contributed by atoms with Gasteiger partial charge in [-0.25, -0.2) is 0 Å². The van der Waals surface area contributed by atoms with Gasteiger partial charge < -0.3 is 5.32 Å². The van der Waals surface area contributed by atoms with Crippen molar-refractivity contribution in [3.63, 3.8) is 0 Å². The Kier molecular flexibility index (Phi) is 3.34. The lowest BCUT2D eigenvalue weighted by Crippen LogP contribution is -2.59. The standard InChI is InChI=1S/C17H19BrClNO/c18-14-3-1-2-13(15(14)19)16(21)20-17-7-10-4-11(8-17)6-12(5-10)9-17/h1-3,10-12H,4-9H2,(H,20,21). The van der Waals surface area contributed by atoms with E-state index in [2.05, 4.69) is 21.2 Å².